The van der Waals surface area contributed by atoms with Gasteiger partial charge in [0.1, 0.15) is 0 Å². The fourth-order valence-corrected chi connectivity index (χ4v) is 5.00. The zero-order chi connectivity index (χ0) is 30.8. The number of allylic oxidation sites excluding steroid dienone is 21. The molecule has 0 aromatic carbocycles. The Morgan fingerprint density at radius 3 is 1.80 bits per heavy atom. The second-order valence-corrected chi connectivity index (χ2v) is 12.7. The Hall–Kier alpha value is -2.90. The van der Waals surface area contributed by atoms with Crippen molar-refractivity contribution in [2.45, 2.75) is 114 Å². The largest absolute Gasteiger partial charge is 0.393 e. The third-order valence-electron chi connectivity index (χ3n) is 7.39. The summed E-state index contributed by atoms with van der Waals surface area (Å²) in [5.74, 6) is 0. The van der Waals surface area contributed by atoms with Gasteiger partial charge in [-0.1, -0.05) is 138 Å². The van der Waals surface area contributed by atoms with Crippen molar-refractivity contribution < 1.29 is 5.11 Å². The predicted octanol–water partition coefficient (Wildman–Crippen LogP) is 12.0. The van der Waals surface area contributed by atoms with Crippen LogP contribution in [0.5, 0.6) is 0 Å². The van der Waals surface area contributed by atoms with Gasteiger partial charge < -0.3 is 5.11 Å². The molecule has 0 heterocycles. The summed E-state index contributed by atoms with van der Waals surface area (Å²) in [6.07, 6.45) is 36.4. The van der Waals surface area contributed by atoms with Crippen LogP contribution in [0.1, 0.15) is 108 Å². The topological polar surface area (TPSA) is 20.2 Å². The number of aliphatic hydroxyl groups is 1. The number of aliphatic hydroxyl groups excluding tert-OH is 1. The summed E-state index contributed by atoms with van der Waals surface area (Å²) in [4.78, 5) is 0. The molecule has 0 aromatic rings. The molecule has 0 radical (unpaired) electrons. The fraction of sp³-hybridized carbons (Fsp3) is 0.450. The Bertz CT molecular complexity index is 1170. The Kier molecular flexibility index (Phi) is 17.0. The molecule has 1 aliphatic carbocycles. The van der Waals surface area contributed by atoms with Crippen molar-refractivity contribution in [3.63, 3.8) is 0 Å². The molecule has 224 valence electrons. The normalized spacial score (nSPS) is 20.0. The van der Waals surface area contributed by atoms with Crippen LogP contribution in [0.4, 0.5) is 0 Å². The smallest absolute Gasteiger partial charge is 0.0585 e. The minimum Gasteiger partial charge on any atom is -0.393 e. The minimum atomic E-state index is -0.211. The zero-order valence-corrected chi connectivity index (χ0v) is 27.9. The van der Waals surface area contributed by atoms with E-state index < -0.39 is 0 Å². The van der Waals surface area contributed by atoms with E-state index in [4.69, 9.17) is 0 Å². The van der Waals surface area contributed by atoms with Crippen LogP contribution in [0.15, 0.2) is 130 Å². The first-order chi connectivity index (χ1) is 19.3. The summed E-state index contributed by atoms with van der Waals surface area (Å²) >= 11 is 0. The molecule has 1 rings (SSSR count). The van der Waals surface area contributed by atoms with Crippen LogP contribution in [-0.4, -0.2) is 11.2 Å². The highest BCUT2D eigenvalue weighted by Crippen LogP contribution is 2.41. The maximum atomic E-state index is 10.1. The van der Waals surface area contributed by atoms with Crippen LogP contribution in [0.2, 0.25) is 0 Å². The van der Waals surface area contributed by atoms with E-state index in [0.29, 0.717) is 0 Å². The van der Waals surface area contributed by atoms with Crippen molar-refractivity contribution >= 4 is 0 Å². The first kappa shape index (κ1) is 36.1. The third kappa shape index (κ3) is 16.8. The summed E-state index contributed by atoms with van der Waals surface area (Å²) < 4.78 is 0. The molecule has 1 atom stereocenters. The first-order valence-corrected chi connectivity index (χ1v) is 15.4. The van der Waals surface area contributed by atoms with Gasteiger partial charge in [-0.3, -0.25) is 0 Å². The van der Waals surface area contributed by atoms with Gasteiger partial charge in [-0.25, -0.2) is 0 Å². The lowest BCUT2D eigenvalue weighted by molar-refractivity contribution is 0.116. The maximum Gasteiger partial charge on any atom is 0.0585 e. The highest BCUT2D eigenvalue weighted by Gasteiger charge is 2.31. The lowest BCUT2D eigenvalue weighted by Crippen LogP contribution is -2.28. The molecule has 0 amide bonds. The van der Waals surface area contributed by atoms with Crippen molar-refractivity contribution in [3.8, 4) is 0 Å². The molecule has 1 nitrogen and oxygen atoms in total. The van der Waals surface area contributed by atoms with E-state index in [1.807, 2.05) is 0 Å². The van der Waals surface area contributed by atoms with Gasteiger partial charge in [0.2, 0.25) is 0 Å². The zero-order valence-electron chi connectivity index (χ0n) is 27.9. The van der Waals surface area contributed by atoms with E-state index in [1.54, 1.807) is 0 Å². The van der Waals surface area contributed by atoms with Crippen LogP contribution >= 0.6 is 0 Å². The predicted molar refractivity (Wildman–Crippen MR) is 185 cm³/mol. The standard InChI is InChI=1S/C40H58O/c1-31(2)17-13-20-34(5)23-15-25-35(6)24-14-21-32(3)18-11-12-19-33(4)22-16-26-36(7)27-28-39-37(8)29-38(41)30-40(39,9)10/h11-12,14-15,17-19,21,23-28,38,41H,13,16,20,22,29-30H2,1-10H3/b12-11+,21-14+,25-15+,28-27+,32-18+,33-19+,34-23+,35-24+,36-26+. The highest BCUT2D eigenvalue weighted by molar-refractivity contribution is 5.37. The Balaban J connectivity index is 2.52. The van der Waals surface area contributed by atoms with E-state index in [1.165, 1.54) is 44.6 Å². The Morgan fingerprint density at radius 1 is 0.707 bits per heavy atom. The molecule has 41 heavy (non-hydrogen) atoms. The van der Waals surface area contributed by atoms with Gasteiger partial charge in [0.15, 0.2) is 0 Å². The number of rotatable bonds is 14. The number of hydrogen-bond donors (Lipinski definition) is 1. The second-order valence-electron chi connectivity index (χ2n) is 12.7. The molecular formula is C40H58O. The van der Waals surface area contributed by atoms with E-state index in [2.05, 4.69) is 154 Å². The van der Waals surface area contributed by atoms with Gasteiger partial charge in [0.25, 0.3) is 0 Å². The summed E-state index contributed by atoms with van der Waals surface area (Å²) in [6, 6.07) is 0. The molecule has 0 spiro atoms. The molecule has 0 aromatic heterocycles. The van der Waals surface area contributed by atoms with Crippen LogP contribution in [0.3, 0.4) is 0 Å². The summed E-state index contributed by atoms with van der Waals surface area (Å²) in [6.45, 7) is 21.8. The lowest BCUT2D eigenvalue weighted by atomic mass is 9.71. The molecule has 0 bridgehead atoms. The maximum absolute atomic E-state index is 10.1. The molecule has 0 saturated heterocycles. The molecule has 1 aliphatic rings. The Labute approximate surface area is 253 Å². The Morgan fingerprint density at radius 2 is 1.22 bits per heavy atom. The van der Waals surface area contributed by atoms with Gasteiger partial charge in [0, 0.05) is 0 Å². The average molecular weight is 555 g/mol. The highest BCUT2D eigenvalue weighted by atomic mass is 16.3. The van der Waals surface area contributed by atoms with Gasteiger partial charge in [-0.2, -0.15) is 0 Å². The second kappa shape index (κ2) is 19.3. The van der Waals surface area contributed by atoms with E-state index >= 15 is 0 Å². The fourth-order valence-electron chi connectivity index (χ4n) is 5.00. The molecule has 0 saturated carbocycles. The van der Waals surface area contributed by atoms with Crippen molar-refractivity contribution in [2.75, 3.05) is 0 Å². The van der Waals surface area contributed by atoms with Gasteiger partial charge in [0.05, 0.1) is 6.10 Å². The first-order valence-electron chi connectivity index (χ1n) is 15.4. The monoisotopic (exact) mass is 554 g/mol. The quantitative estimate of drug-likeness (QED) is 0.167. The number of hydrogen-bond acceptors (Lipinski definition) is 1. The van der Waals surface area contributed by atoms with Crippen LogP contribution in [0.25, 0.3) is 0 Å². The van der Waals surface area contributed by atoms with Crippen LogP contribution < -0.4 is 0 Å². The van der Waals surface area contributed by atoms with Gasteiger partial charge in [-0.05, 0) is 105 Å². The molecule has 0 aliphatic heterocycles. The molecule has 1 N–H and O–H groups in total. The average Bonchev–Trinajstić information content (AvgIpc) is 2.85. The van der Waals surface area contributed by atoms with Crippen molar-refractivity contribution in [2.24, 2.45) is 5.41 Å². The molecule has 1 heteroatoms. The van der Waals surface area contributed by atoms with Crippen molar-refractivity contribution in [3.05, 3.63) is 130 Å². The van der Waals surface area contributed by atoms with E-state index in [-0.39, 0.29) is 11.5 Å². The van der Waals surface area contributed by atoms with E-state index in [9.17, 15) is 5.11 Å². The van der Waals surface area contributed by atoms with Crippen LogP contribution in [0, 0.1) is 5.41 Å². The molecular weight excluding hydrogens is 496 g/mol. The third-order valence-corrected chi connectivity index (χ3v) is 7.39. The van der Waals surface area contributed by atoms with E-state index in [0.717, 1.165) is 38.5 Å². The summed E-state index contributed by atoms with van der Waals surface area (Å²) in [5.41, 5.74) is 10.6. The van der Waals surface area contributed by atoms with Gasteiger partial charge in [-0.15, -0.1) is 0 Å². The SMILES string of the molecule is CC(C)=CCC/C(C)=C/C=C/C(C)=C/C=C/C(C)=C/C=C/C=C(\C)CC/C=C(C)/C=C/C1=C(C)CC(O)CC1(C)C. The summed E-state index contributed by atoms with van der Waals surface area (Å²) in [7, 11) is 0. The van der Waals surface area contributed by atoms with Gasteiger partial charge >= 0.3 is 0 Å². The molecule has 1 unspecified atom stereocenters. The molecule has 0 fully saturated rings. The lowest BCUT2D eigenvalue weighted by Gasteiger charge is -2.35. The van der Waals surface area contributed by atoms with Crippen molar-refractivity contribution in [1.29, 1.82) is 0 Å². The minimum absolute atomic E-state index is 0.0295. The van der Waals surface area contributed by atoms with Crippen molar-refractivity contribution in [1.82, 2.24) is 0 Å². The van der Waals surface area contributed by atoms with Crippen LogP contribution in [-0.2, 0) is 0 Å². The summed E-state index contributed by atoms with van der Waals surface area (Å²) in [5, 5.41) is 10.1.